The summed E-state index contributed by atoms with van der Waals surface area (Å²) in [6.07, 6.45) is 3.61. The Morgan fingerprint density at radius 2 is 1.88 bits per heavy atom. The first-order valence-corrected chi connectivity index (χ1v) is 9.04. The van der Waals surface area contributed by atoms with Gasteiger partial charge < -0.3 is 14.8 Å². The van der Waals surface area contributed by atoms with Crippen LogP contribution in [0.2, 0.25) is 0 Å². The third kappa shape index (κ3) is 5.23. The first-order valence-electron chi connectivity index (χ1n) is 8.23. The lowest BCUT2D eigenvalue weighted by Gasteiger charge is -2.13. The Morgan fingerprint density at radius 3 is 2.50 bits per heavy atom. The zero-order valence-corrected chi connectivity index (χ0v) is 15.2. The summed E-state index contributed by atoms with van der Waals surface area (Å²) in [6, 6.07) is 5.30. The number of benzene rings is 1. The average Bonchev–Trinajstić information content (AvgIpc) is 3.01. The van der Waals surface area contributed by atoms with Gasteiger partial charge in [-0.2, -0.15) is 0 Å². The van der Waals surface area contributed by atoms with Gasteiger partial charge in [0.05, 0.1) is 24.8 Å². The number of rotatable bonds is 9. The summed E-state index contributed by atoms with van der Waals surface area (Å²) in [5.41, 5.74) is 0.561. The first kappa shape index (κ1) is 18.3. The van der Waals surface area contributed by atoms with E-state index in [4.69, 9.17) is 9.47 Å². The minimum Gasteiger partial charge on any atom is -0.490 e. The van der Waals surface area contributed by atoms with E-state index in [1.807, 2.05) is 13.8 Å². The Morgan fingerprint density at radius 1 is 1.17 bits per heavy atom. The van der Waals surface area contributed by atoms with Crippen LogP contribution in [0.25, 0.3) is 0 Å². The molecule has 2 aromatic rings. The van der Waals surface area contributed by atoms with Gasteiger partial charge >= 0.3 is 0 Å². The van der Waals surface area contributed by atoms with Crippen LogP contribution >= 0.6 is 11.3 Å². The highest BCUT2D eigenvalue weighted by Gasteiger charge is 2.12. The van der Waals surface area contributed by atoms with Crippen molar-refractivity contribution in [2.75, 3.05) is 13.2 Å². The van der Waals surface area contributed by atoms with Crippen LogP contribution in [-0.4, -0.2) is 24.1 Å². The van der Waals surface area contributed by atoms with E-state index in [2.05, 4.69) is 17.2 Å². The van der Waals surface area contributed by atoms with E-state index in [1.54, 1.807) is 35.7 Å². The molecule has 2 rings (SSSR count). The van der Waals surface area contributed by atoms with Crippen molar-refractivity contribution in [3.8, 4) is 11.5 Å². The van der Waals surface area contributed by atoms with Gasteiger partial charge in [0.15, 0.2) is 11.5 Å². The maximum atomic E-state index is 12.4. The van der Waals surface area contributed by atoms with Gasteiger partial charge in [-0.1, -0.05) is 13.8 Å². The molecular formula is C18H24N2O3S. The van der Waals surface area contributed by atoms with E-state index in [0.717, 1.165) is 22.7 Å². The molecule has 130 valence electrons. The summed E-state index contributed by atoms with van der Waals surface area (Å²) in [7, 11) is 0. The predicted octanol–water partition coefficient (Wildman–Crippen LogP) is 3.96. The second-order valence-electron chi connectivity index (χ2n) is 5.39. The molecule has 0 radical (unpaired) electrons. The standard InChI is InChI=1S/C18H24N2O3S/c1-4-8-22-16-7-6-14(10-17(16)23-9-5-2)18(21)20-12-15-11-19-13(3)24-15/h6-7,10-11H,4-5,8-9,12H2,1-3H3,(H,20,21). The SMILES string of the molecule is CCCOc1ccc(C(=O)NCc2cnc(C)s2)cc1OCCC. The maximum absolute atomic E-state index is 12.4. The number of aromatic nitrogens is 1. The Balaban J connectivity index is 2.05. The molecule has 1 amide bonds. The summed E-state index contributed by atoms with van der Waals surface area (Å²) in [5.74, 6) is 1.16. The van der Waals surface area contributed by atoms with Crippen molar-refractivity contribution in [3.63, 3.8) is 0 Å². The fourth-order valence-corrected chi connectivity index (χ4v) is 2.80. The van der Waals surface area contributed by atoms with E-state index in [0.29, 0.717) is 36.8 Å². The highest BCUT2D eigenvalue weighted by atomic mass is 32.1. The summed E-state index contributed by atoms with van der Waals surface area (Å²) in [4.78, 5) is 17.6. The Labute approximate surface area is 147 Å². The van der Waals surface area contributed by atoms with Crippen LogP contribution in [0.3, 0.4) is 0 Å². The lowest BCUT2D eigenvalue weighted by molar-refractivity contribution is 0.0950. The molecule has 1 heterocycles. The number of nitrogens with one attached hydrogen (secondary N) is 1. The van der Waals surface area contributed by atoms with E-state index in [-0.39, 0.29) is 5.91 Å². The van der Waals surface area contributed by atoms with E-state index in [9.17, 15) is 4.79 Å². The first-order chi connectivity index (χ1) is 11.6. The molecule has 0 atom stereocenters. The van der Waals surface area contributed by atoms with Crippen LogP contribution in [0, 0.1) is 6.92 Å². The number of amides is 1. The summed E-state index contributed by atoms with van der Waals surface area (Å²) >= 11 is 1.58. The summed E-state index contributed by atoms with van der Waals surface area (Å²) in [5, 5.41) is 3.90. The largest absolute Gasteiger partial charge is 0.490 e. The normalized spacial score (nSPS) is 10.5. The van der Waals surface area contributed by atoms with Crippen LogP contribution in [0.15, 0.2) is 24.4 Å². The van der Waals surface area contributed by atoms with Gasteiger partial charge in [-0.25, -0.2) is 4.98 Å². The van der Waals surface area contributed by atoms with Gasteiger partial charge in [-0.3, -0.25) is 4.79 Å². The van der Waals surface area contributed by atoms with Crippen molar-refractivity contribution >= 4 is 17.2 Å². The molecule has 6 heteroatoms. The smallest absolute Gasteiger partial charge is 0.251 e. The van der Waals surface area contributed by atoms with Gasteiger partial charge in [-0.15, -0.1) is 11.3 Å². The third-order valence-electron chi connectivity index (χ3n) is 3.22. The number of thiazole rings is 1. The number of nitrogens with zero attached hydrogens (tertiary/aromatic N) is 1. The number of hydrogen-bond donors (Lipinski definition) is 1. The van der Waals surface area contributed by atoms with Gasteiger partial charge in [0.25, 0.3) is 5.91 Å². The zero-order valence-electron chi connectivity index (χ0n) is 14.4. The highest BCUT2D eigenvalue weighted by Crippen LogP contribution is 2.29. The third-order valence-corrected chi connectivity index (χ3v) is 4.13. The maximum Gasteiger partial charge on any atom is 0.251 e. The van der Waals surface area contributed by atoms with Gasteiger partial charge in [0.1, 0.15) is 0 Å². The second kappa shape index (κ2) is 9.27. The lowest BCUT2D eigenvalue weighted by Crippen LogP contribution is -2.22. The molecule has 0 fully saturated rings. The molecule has 5 nitrogen and oxygen atoms in total. The van der Waals surface area contributed by atoms with Gasteiger partial charge in [-0.05, 0) is 38.0 Å². The molecular weight excluding hydrogens is 324 g/mol. The Kier molecular flexibility index (Phi) is 7.06. The average molecular weight is 348 g/mol. The van der Waals surface area contributed by atoms with Crippen LogP contribution in [0.5, 0.6) is 11.5 Å². The topological polar surface area (TPSA) is 60.5 Å². The summed E-state index contributed by atoms with van der Waals surface area (Å²) < 4.78 is 11.4. The van der Waals surface area contributed by atoms with Crippen molar-refractivity contribution in [3.05, 3.63) is 39.8 Å². The van der Waals surface area contributed by atoms with Crippen molar-refractivity contribution in [1.82, 2.24) is 10.3 Å². The Hall–Kier alpha value is -2.08. The second-order valence-corrected chi connectivity index (χ2v) is 6.71. The quantitative estimate of drug-likeness (QED) is 0.745. The van der Waals surface area contributed by atoms with E-state index < -0.39 is 0 Å². The summed E-state index contributed by atoms with van der Waals surface area (Å²) in [6.45, 7) is 7.73. The molecule has 0 aliphatic rings. The van der Waals surface area contributed by atoms with Gasteiger partial charge in [0.2, 0.25) is 0 Å². The molecule has 0 saturated heterocycles. The van der Waals surface area contributed by atoms with Crippen molar-refractivity contribution in [2.45, 2.75) is 40.2 Å². The van der Waals surface area contributed by atoms with Crippen LogP contribution in [0.1, 0.15) is 46.9 Å². The fourth-order valence-electron chi connectivity index (χ4n) is 2.06. The lowest BCUT2D eigenvalue weighted by atomic mass is 10.2. The fraction of sp³-hybridized carbons (Fsp3) is 0.444. The van der Waals surface area contributed by atoms with Crippen LogP contribution < -0.4 is 14.8 Å². The van der Waals surface area contributed by atoms with Crippen molar-refractivity contribution in [1.29, 1.82) is 0 Å². The van der Waals surface area contributed by atoms with E-state index in [1.165, 1.54) is 0 Å². The molecule has 24 heavy (non-hydrogen) atoms. The molecule has 0 unspecified atom stereocenters. The number of aryl methyl sites for hydroxylation is 1. The van der Waals surface area contributed by atoms with Gasteiger partial charge in [0, 0.05) is 16.6 Å². The minimum atomic E-state index is -0.135. The molecule has 0 bridgehead atoms. The molecule has 1 N–H and O–H groups in total. The molecule has 1 aromatic heterocycles. The highest BCUT2D eigenvalue weighted by molar-refractivity contribution is 7.11. The van der Waals surface area contributed by atoms with Crippen LogP contribution in [-0.2, 0) is 6.54 Å². The number of ether oxygens (including phenoxy) is 2. The molecule has 1 aromatic carbocycles. The van der Waals surface area contributed by atoms with E-state index >= 15 is 0 Å². The molecule has 0 aliphatic heterocycles. The monoisotopic (exact) mass is 348 g/mol. The number of hydrogen-bond acceptors (Lipinski definition) is 5. The Bertz CT molecular complexity index is 670. The molecule has 0 aliphatic carbocycles. The van der Waals surface area contributed by atoms with Crippen molar-refractivity contribution < 1.29 is 14.3 Å². The number of carbonyl (C=O) groups is 1. The van der Waals surface area contributed by atoms with Crippen molar-refractivity contribution in [2.24, 2.45) is 0 Å². The predicted molar refractivity (Wildman–Crippen MR) is 96.0 cm³/mol. The zero-order chi connectivity index (χ0) is 17.4. The molecule has 0 spiro atoms. The molecule has 0 saturated carbocycles. The minimum absolute atomic E-state index is 0.135. The number of carbonyl (C=O) groups excluding carboxylic acids is 1. The van der Waals surface area contributed by atoms with Crippen LogP contribution in [0.4, 0.5) is 0 Å².